The number of piperazine rings is 1. The van der Waals surface area contributed by atoms with Crippen LogP contribution in [0.25, 0.3) is 0 Å². The fourth-order valence-electron chi connectivity index (χ4n) is 2.82. The summed E-state index contributed by atoms with van der Waals surface area (Å²) in [6.07, 6.45) is 0.202. The molecule has 7 nitrogen and oxygen atoms in total. The predicted octanol–water partition coefficient (Wildman–Crippen LogP) is -0.427. The molecule has 0 aliphatic carbocycles. The molecule has 2 aliphatic heterocycles. The lowest BCUT2D eigenvalue weighted by Crippen LogP contribution is -2.53. The largest absolute Gasteiger partial charge is 0.391 e. The maximum atomic E-state index is 12.3. The number of β-amino-alcohol motifs (C(OH)–C–C–N with tert-alkyl or cyclic N) is 1. The Morgan fingerprint density at radius 2 is 1.74 bits per heavy atom. The zero-order valence-electron chi connectivity index (χ0n) is 14.4. The van der Waals surface area contributed by atoms with Crippen molar-refractivity contribution in [1.29, 1.82) is 0 Å². The van der Waals surface area contributed by atoms with Crippen LogP contribution in [0.2, 0.25) is 0 Å². The Kier molecular flexibility index (Phi) is 5.71. The van der Waals surface area contributed by atoms with Gasteiger partial charge in [-0.3, -0.25) is 9.69 Å². The average Bonchev–Trinajstić information content (AvgIpc) is 2.77. The molecule has 2 heterocycles. The van der Waals surface area contributed by atoms with Crippen molar-refractivity contribution >= 4 is 15.9 Å². The molecule has 0 aromatic heterocycles. The Morgan fingerprint density at radius 1 is 1.13 bits per heavy atom. The van der Waals surface area contributed by atoms with Crippen LogP contribution in [0, 0.1) is 5.41 Å². The fourth-order valence-corrected chi connectivity index (χ4v) is 4.28. The van der Waals surface area contributed by atoms with Gasteiger partial charge in [-0.05, 0) is 11.8 Å². The number of nitrogens with zero attached hydrogens (tertiary/aromatic N) is 3. The highest BCUT2D eigenvalue weighted by molar-refractivity contribution is 7.89. The predicted molar refractivity (Wildman–Crippen MR) is 88.5 cm³/mol. The minimum absolute atomic E-state index is 0.0348. The van der Waals surface area contributed by atoms with Gasteiger partial charge in [0.15, 0.2) is 0 Å². The second kappa shape index (κ2) is 7.04. The van der Waals surface area contributed by atoms with Crippen LogP contribution in [0.4, 0.5) is 0 Å². The molecule has 0 aromatic carbocycles. The van der Waals surface area contributed by atoms with Gasteiger partial charge in [0.2, 0.25) is 15.9 Å². The Bertz CT molecular complexity index is 521. The van der Waals surface area contributed by atoms with Crippen molar-refractivity contribution in [3.63, 3.8) is 0 Å². The van der Waals surface area contributed by atoms with Crippen LogP contribution in [-0.2, 0) is 14.8 Å². The van der Waals surface area contributed by atoms with Crippen LogP contribution in [0.15, 0.2) is 0 Å². The molecule has 0 saturated carbocycles. The molecule has 23 heavy (non-hydrogen) atoms. The molecular formula is C15H29N3O4S. The van der Waals surface area contributed by atoms with Gasteiger partial charge >= 0.3 is 0 Å². The smallest absolute Gasteiger partial charge is 0.237 e. The van der Waals surface area contributed by atoms with Gasteiger partial charge < -0.3 is 10.0 Å². The maximum Gasteiger partial charge on any atom is 0.237 e. The highest BCUT2D eigenvalue weighted by atomic mass is 32.2. The van der Waals surface area contributed by atoms with E-state index in [9.17, 15) is 18.3 Å². The van der Waals surface area contributed by atoms with Gasteiger partial charge in [-0.1, -0.05) is 20.8 Å². The molecule has 1 N–H and O–H groups in total. The molecule has 0 bridgehead atoms. The molecule has 2 aliphatic rings. The third kappa shape index (κ3) is 4.89. The van der Waals surface area contributed by atoms with E-state index in [1.165, 1.54) is 4.31 Å². The van der Waals surface area contributed by atoms with Crippen molar-refractivity contribution in [3.8, 4) is 0 Å². The van der Waals surface area contributed by atoms with Crippen molar-refractivity contribution in [1.82, 2.24) is 14.1 Å². The van der Waals surface area contributed by atoms with E-state index < -0.39 is 16.1 Å². The van der Waals surface area contributed by atoms with Crippen LogP contribution in [-0.4, -0.2) is 91.2 Å². The van der Waals surface area contributed by atoms with Crippen LogP contribution in [0.5, 0.6) is 0 Å². The summed E-state index contributed by atoms with van der Waals surface area (Å²) < 4.78 is 24.8. The Hall–Kier alpha value is -0.700. The number of hydrogen-bond acceptors (Lipinski definition) is 5. The van der Waals surface area contributed by atoms with Crippen molar-refractivity contribution < 1.29 is 18.3 Å². The van der Waals surface area contributed by atoms with Crippen LogP contribution in [0.3, 0.4) is 0 Å². The highest BCUT2D eigenvalue weighted by Gasteiger charge is 2.32. The number of carbonyl (C=O) groups excluding carboxylic acids is 1. The first kappa shape index (κ1) is 18.6. The van der Waals surface area contributed by atoms with Gasteiger partial charge in [0.05, 0.1) is 18.4 Å². The second-order valence-electron chi connectivity index (χ2n) is 7.57. The molecule has 2 rings (SSSR count). The number of amides is 1. The average molecular weight is 347 g/mol. The molecule has 8 heteroatoms. The molecule has 2 saturated heterocycles. The zero-order valence-corrected chi connectivity index (χ0v) is 15.2. The van der Waals surface area contributed by atoms with Crippen molar-refractivity contribution in [2.24, 2.45) is 5.41 Å². The first-order chi connectivity index (χ1) is 10.6. The Balaban J connectivity index is 1.79. The lowest BCUT2D eigenvalue weighted by atomic mass is 9.89. The molecule has 0 radical (unpaired) electrons. The standard InChI is InChI=1S/C15H29N3O4S/c1-15(2,3)13(19)11-16-6-8-17(9-7-16)14(20)12-18-5-4-10-23(18,21)22/h13,19H,4-12H2,1-3H3/t13-/m1/s1. The summed E-state index contributed by atoms with van der Waals surface area (Å²) in [5.41, 5.74) is -0.156. The summed E-state index contributed by atoms with van der Waals surface area (Å²) in [6, 6.07) is 0. The van der Waals surface area contributed by atoms with Gasteiger partial charge in [0.1, 0.15) is 0 Å². The number of carbonyl (C=O) groups is 1. The van der Waals surface area contributed by atoms with Gasteiger partial charge in [0, 0.05) is 39.3 Å². The number of aliphatic hydroxyl groups is 1. The molecule has 1 amide bonds. The van der Waals surface area contributed by atoms with E-state index in [0.29, 0.717) is 45.7 Å². The van der Waals surface area contributed by atoms with E-state index >= 15 is 0 Å². The van der Waals surface area contributed by atoms with E-state index in [4.69, 9.17) is 0 Å². The Labute approximate surface area is 139 Å². The minimum Gasteiger partial charge on any atom is -0.391 e. The van der Waals surface area contributed by atoms with Crippen LogP contribution in [0.1, 0.15) is 27.2 Å². The van der Waals surface area contributed by atoms with Crippen molar-refractivity contribution in [3.05, 3.63) is 0 Å². The zero-order chi connectivity index (χ0) is 17.3. The summed E-state index contributed by atoms with van der Waals surface area (Å²) in [5.74, 6) is 0.0326. The molecule has 2 fully saturated rings. The number of aliphatic hydroxyl groups excluding tert-OH is 1. The fraction of sp³-hybridized carbons (Fsp3) is 0.933. The van der Waals surface area contributed by atoms with Gasteiger partial charge in [-0.2, -0.15) is 4.31 Å². The van der Waals surface area contributed by atoms with Gasteiger partial charge in [-0.15, -0.1) is 0 Å². The summed E-state index contributed by atoms with van der Waals surface area (Å²) >= 11 is 0. The quantitative estimate of drug-likeness (QED) is 0.747. The van der Waals surface area contributed by atoms with Gasteiger partial charge in [-0.25, -0.2) is 8.42 Å². The maximum absolute atomic E-state index is 12.3. The second-order valence-corrected chi connectivity index (χ2v) is 9.65. The SMILES string of the molecule is CC(C)(C)[C@H](O)CN1CCN(C(=O)CN2CCCS2(=O)=O)CC1. The number of rotatable bonds is 4. The van der Waals surface area contributed by atoms with Gasteiger partial charge in [0.25, 0.3) is 0 Å². The summed E-state index contributed by atoms with van der Waals surface area (Å²) in [5, 5.41) is 10.2. The molecule has 0 aromatic rings. The normalized spacial score (nSPS) is 24.8. The first-order valence-corrected chi connectivity index (χ1v) is 9.86. The highest BCUT2D eigenvalue weighted by Crippen LogP contribution is 2.20. The van der Waals surface area contributed by atoms with E-state index in [0.717, 1.165) is 0 Å². The molecule has 0 spiro atoms. The van der Waals surface area contributed by atoms with Crippen molar-refractivity contribution in [2.45, 2.75) is 33.3 Å². The molecule has 1 atom stereocenters. The third-order valence-electron chi connectivity index (χ3n) is 4.67. The first-order valence-electron chi connectivity index (χ1n) is 8.25. The Morgan fingerprint density at radius 3 is 2.22 bits per heavy atom. The summed E-state index contributed by atoms with van der Waals surface area (Å²) in [6.45, 7) is 9.64. The lowest BCUT2D eigenvalue weighted by Gasteiger charge is -2.38. The topological polar surface area (TPSA) is 81.2 Å². The summed E-state index contributed by atoms with van der Waals surface area (Å²) in [7, 11) is -3.22. The van der Waals surface area contributed by atoms with E-state index in [2.05, 4.69) is 4.90 Å². The number of hydrogen-bond donors (Lipinski definition) is 1. The minimum atomic E-state index is -3.22. The van der Waals surface area contributed by atoms with Crippen LogP contribution < -0.4 is 0 Å². The molecule has 0 unspecified atom stereocenters. The third-order valence-corrected chi connectivity index (χ3v) is 6.57. The monoisotopic (exact) mass is 347 g/mol. The number of sulfonamides is 1. The molecular weight excluding hydrogens is 318 g/mol. The van der Waals surface area contributed by atoms with E-state index in [1.54, 1.807) is 4.90 Å². The van der Waals surface area contributed by atoms with Crippen LogP contribution >= 0.6 is 0 Å². The van der Waals surface area contributed by atoms with E-state index in [1.807, 2.05) is 20.8 Å². The molecule has 134 valence electrons. The van der Waals surface area contributed by atoms with E-state index in [-0.39, 0.29) is 23.6 Å². The summed E-state index contributed by atoms with van der Waals surface area (Å²) in [4.78, 5) is 16.2. The van der Waals surface area contributed by atoms with Crippen molar-refractivity contribution in [2.75, 3.05) is 51.6 Å². The lowest BCUT2D eigenvalue weighted by molar-refractivity contribution is -0.133.